The van der Waals surface area contributed by atoms with Crippen LogP contribution in [0.1, 0.15) is 36.1 Å². The summed E-state index contributed by atoms with van der Waals surface area (Å²) in [5.41, 5.74) is 4.60. The fraction of sp³-hybridized carbons (Fsp3) is 0.455. The van der Waals surface area contributed by atoms with E-state index in [0.717, 1.165) is 11.1 Å². The van der Waals surface area contributed by atoms with Gasteiger partial charge in [0.2, 0.25) is 0 Å². The molecule has 29 heavy (non-hydrogen) atoms. The van der Waals surface area contributed by atoms with Crippen LogP contribution in [0.3, 0.4) is 0 Å². The molecule has 0 heterocycles. The summed E-state index contributed by atoms with van der Waals surface area (Å²) < 4.78 is 22.5. The number of rotatable bonds is 8. The molecule has 0 radical (unpaired) electrons. The summed E-state index contributed by atoms with van der Waals surface area (Å²) in [6.07, 6.45) is 2.36. The third kappa shape index (κ3) is 12.6. The van der Waals surface area contributed by atoms with Gasteiger partial charge in [0.15, 0.2) is 0 Å². The standard InChI is InChI=1S/2C11H17O2P.Fe/c2*1-3-14(12,13)9-8-11-6-4-10(2)5-7-11;/h2*4-7H,3,8-9H2,1-2H3,(H,12,13);/q;;+2/p-2. The first-order chi connectivity index (χ1) is 13.1. The van der Waals surface area contributed by atoms with Crippen molar-refractivity contribution in [1.82, 2.24) is 0 Å². The van der Waals surface area contributed by atoms with Crippen LogP contribution in [-0.2, 0) is 39.0 Å². The molecule has 0 N–H and O–H groups in total. The maximum atomic E-state index is 11.3. The van der Waals surface area contributed by atoms with Crippen LogP contribution < -0.4 is 9.79 Å². The Morgan fingerprint density at radius 3 is 1.17 bits per heavy atom. The topological polar surface area (TPSA) is 80.3 Å². The van der Waals surface area contributed by atoms with Crippen molar-refractivity contribution >= 4 is 14.7 Å². The SMILES string of the molecule is CCP(=O)([O-])CCc1ccc(C)cc1.CCP(=O)([O-])CCc1ccc(C)cc1.[Fe+2]. The Labute approximate surface area is 186 Å². The van der Waals surface area contributed by atoms with E-state index in [1.54, 1.807) is 13.8 Å². The van der Waals surface area contributed by atoms with Crippen LogP contribution in [0.15, 0.2) is 48.5 Å². The van der Waals surface area contributed by atoms with Crippen LogP contribution in [0.4, 0.5) is 0 Å². The molecule has 0 fully saturated rings. The molecule has 0 aliphatic heterocycles. The monoisotopic (exact) mass is 478 g/mol. The van der Waals surface area contributed by atoms with Gasteiger partial charge >= 0.3 is 17.1 Å². The molecular weight excluding hydrogens is 446 g/mol. The molecule has 2 atom stereocenters. The van der Waals surface area contributed by atoms with Gasteiger partial charge in [-0.2, -0.15) is 0 Å². The van der Waals surface area contributed by atoms with E-state index in [1.807, 2.05) is 62.4 Å². The minimum absolute atomic E-state index is 0. The third-order valence-corrected chi connectivity index (χ3v) is 8.42. The van der Waals surface area contributed by atoms with Crippen molar-refractivity contribution in [2.24, 2.45) is 0 Å². The van der Waals surface area contributed by atoms with Crippen molar-refractivity contribution in [3.8, 4) is 0 Å². The van der Waals surface area contributed by atoms with Crippen molar-refractivity contribution in [2.75, 3.05) is 24.6 Å². The average Bonchev–Trinajstić information content (AvgIpc) is 2.68. The quantitative estimate of drug-likeness (QED) is 0.417. The summed E-state index contributed by atoms with van der Waals surface area (Å²) in [4.78, 5) is 22.5. The van der Waals surface area contributed by atoms with Crippen molar-refractivity contribution < 1.29 is 36.0 Å². The van der Waals surface area contributed by atoms with Crippen LogP contribution in [0.25, 0.3) is 0 Å². The molecular formula is C22H32FeO4P2. The van der Waals surface area contributed by atoms with Gasteiger partial charge in [-0.1, -0.05) is 73.5 Å². The normalized spacial score (nSPS) is 14.6. The molecule has 0 bridgehead atoms. The van der Waals surface area contributed by atoms with Gasteiger partial charge in [-0.15, -0.1) is 0 Å². The predicted molar refractivity (Wildman–Crippen MR) is 116 cm³/mol. The zero-order valence-corrected chi connectivity index (χ0v) is 20.6. The maximum absolute atomic E-state index is 11.3. The first kappa shape index (κ1) is 28.3. The summed E-state index contributed by atoms with van der Waals surface area (Å²) >= 11 is 0. The van der Waals surface area contributed by atoms with Crippen LogP contribution in [0, 0.1) is 13.8 Å². The minimum Gasteiger partial charge on any atom is -0.799 e. The Hall–Kier alpha value is -0.661. The molecule has 2 aromatic carbocycles. The van der Waals surface area contributed by atoms with Crippen molar-refractivity contribution in [3.63, 3.8) is 0 Å². The van der Waals surface area contributed by atoms with Gasteiger partial charge in [-0.3, -0.25) is 0 Å². The summed E-state index contributed by atoms with van der Waals surface area (Å²) in [7, 11) is -6.20. The molecule has 7 heteroatoms. The largest absolute Gasteiger partial charge is 2.00 e. The molecule has 2 unspecified atom stereocenters. The smallest absolute Gasteiger partial charge is 0.799 e. The zero-order valence-electron chi connectivity index (χ0n) is 17.7. The van der Waals surface area contributed by atoms with Gasteiger partial charge in [0.1, 0.15) is 0 Å². The molecule has 2 rings (SSSR count). The molecule has 0 aliphatic rings. The average molecular weight is 478 g/mol. The van der Waals surface area contributed by atoms with Crippen molar-refractivity contribution in [1.29, 1.82) is 0 Å². The molecule has 0 spiro atoms. The first-order valence-corrected chi connectivity index (χ1v) is 13.7. The molecule has 2 aromatic rings. The minimum atomic E-state index is -3.10. The second-order valence-electron chi connectivity index (χ2n) is 7.18. The Morgan fingerprint density at radius 1 is 0.655 bits per heavy atom. The van der Waals surface area contributed by atoms with Crippen molar-refractivity contribution in [3.05, 3.63) is 70.8 Å². The molecule has 4 nitrogen and oxygen atoms in total. The van der Waals surface area contributed by atoms with Crippen LogP contribution in [0.2, 0.25) is 0 Å². The van der Waals surface area contributed by atoms with E-state index in [4.69, 9.17) is 0 Å². The molecule has 162 valence electrons. The number of hydrogen-bond acceptors (Lipinski definition) is 4. The summed E-state index contributed by atoms with van der Waals surface area (Å²) in [6.45, 7) is 7.44. The van der Waals surface area contributed by atoms with Gasteiger partial charge in [-0.05, 0) is 62.5 Å². The first-order valence-electron chi connectivity index (χ1n) is 9.76. The Bertz CT molecular complexity index is 735. The third-order valence-electron chi connectivity index (χ3n) is 4.69. The van der Waals surface area contributed by atoms with E-state index in [-0.39, 0.29) is 41.7 Å². The zero-order chi connectivity index (χ0) is 21.2. The summed E-state index contributed by atoms with van der Waals surface area (Å²) in [5.74, 6) is 0. The molecule has 0 saturated carbocycles. The van der Waals surface area contributed by atoms with E-state index >= 15 is 0 Å². The van der Waals surface area contributed by atoms with E-state index < -0.39 is 14.7 Å². The number of benzene rings is 2. The van der Waals surface area contributed by atoms with E-state index in [0.29, 0.717) is 12.8 Å². The number of aryl methyl sites for hydroxylation is 4. The fourth-order valence-corrected chi connectivity index (χ4v) is 4.25. The summed E-state index contributed by atoms with van der Waals surface area (Å²) in [6, 6.07) is 16.0. The Balaban J connectivity index is 0.000000523. The van der Waals surface area contributed by atoms with E-state index in [2.05, 4.69) is 0 Å². The Morgan fingerprint density at radius 2 is 0.931 bits per heavy atom. The molecule has 0 amide bonds. The maximum Gasteiger partial charge on any atom is 2.00 e. The van der Waals surface area contributed by atoms with Crippen LogP contribution in [-0.4, -0.2) is 24.6 Å². The summed E-state index contributed by atoms with van der Waals surface area (Å²) in [5, 5.41) is 0. The van der Waals surface area contributed by atoms with Crippen LogP contribution in [0.5, 0.6) is 0 Å². The second-order valence-corrected chi connectivity index (χ2v) is 12.6. The molecule has 0 aliphatic carbocycles. The second kappa shape index (κ2) is 13.6. The molecule has 0 aromatic heterocycles. The van der Waals surface area contributed by atoms with Crippen LogP contribution >= 0.6 is 14.7 Å². The van der Waals surface area contributed by atoms with Gasteiger partial charge in [-0.25, -0.2) is 0 Å². The Kier molecular flexibility index (Phi) is 13.3. The van der Waals surface area contributed by atoms with E-state index in [1.165, 1.54) is 11.1 Å². The number of hydrogen-bond donors (Lipinski definition) is 0. The fourth-order valence-electron chi connectivity index (χ4n) is 2.42. The molecule has 0 saturated heterocycles. The van der Waals surface area contributed by atoms with Gasteiger partial charge in [0.25, 0.3) is 0 Å². The van der Waals surface area contributed by atoms with Crippen molar-refractivity contribution in [2.45, 2.75) is 40.5 Å². The van der Waals surface area contributed by atoms with Gasteiger partial charge < -0.3 is 18.9 Å². The van der Waals surface area contributed by atoms with Gasteiger partial charge in [0, 0.05) is 14.7 Å². The van der Waals surface area contributed by atoms with Gasteiger partial charge in [0.05, 0.1) is 0 Å². The van der Waals surface area contributed by atoms with E-state index in [9.17, 15) is 18.9 Å². The predicted octanol–water partition coefficient (Wildman–Crippen LogP) is 4.39.